The van der Waals surface area contributed by atoms with E-state index in [-0.39, 0.29) is 11.2 Å². The Hall–Kier alpha value is -2.13. The number of para-hydroxylation sites is 2. The number of imidazole rings is 1. The van der Waals surface area contributed by atoms with E-state index in [1.165, 1.54) is 4.57 Å². The largest absolute Gasteiger partial charge is 0.268 e. The number of aromatic nitrogens is 2. The highest BCUT2D eigenvalue weighted by Crippen LogP contribution is 2.21. The molecule has 0 amide bonds. The molecule has 1 heterocycles. The maximum Gasteiger partial charge on any atom is 0.264 e. The molecule has 0 saturated carbocycles. The summed E-state index contributed by atoms with van der Waals surface area (Å²) in [6.07, 6.45) is 0. The first-order valence-corrected chi connectivity index (χ1v) is 6.29. The molecule has 0 aliphatic heterocycles. The number of hydrogen-bond donors (Lipinski definition) is 0. The van der Waals surface area contributed by atoms with Gasteiger partial charge >= 0.3 is 0 Å². The van der Waals surface area contributed by atoms with Crippen LogP contribution in [0.25, 0.3) is 11.0 Å². The number of hydrogen-bond acceptors (Lipinski definition) is 2. The number of fused-ring (bicyclic) bond motifs is 1. The SMILES string of the molecule is Cc1ccc(C(=O)n2c(Cl)nc3ccccc32)cc1. The number of halogens is 1. The molecule has 0 aliphatic rings. The van der Waals surface area contributed by atoms with Crippen LogP contribution in [0.5, 0.6) is 0 Å². The highest BCUT2D eigenvalue weighted by atomic mass is 35.5. The molecule has 0 unspecified atom stereocenters. The van der Waals surface area contributed by atoms with Crippen molar-refractivity contribution in [3.63, 3.8) is 0 Å². The monoisotopic (exact) mass is 270 g/mol. The molecule has 0 saturated heterocycles. The van der Waals surface area contributed by atoms with Crippen LogP contribution in [-0.2, 0) is 0 Å². The van der Waals surface area contributed by atoms with Gasteiger partial charge in [0.1, 0.15) is 0 Å². The molecular formula is C15H11ClN2O. The van der Waals surface area contributed by atoms with Gasteiger partial charge in [-0.2, -0.15) is 0 Å². The van der Waals surface area contributed by atoms with Crippen molar-refractivity contribution in [3.05, 3.63) is 64.9 Å². The van der Waals surface area contributed by atoms with Crippen LogP contribution in [-0.4, -0.2) is 15.5 Å². The van der Waals surface area contributed by atoms with Gasteiger partial charge < -0.3 is 0 Å². The van der Waals surface area contributed by atoms with E-state index in [2.05, 4.69) is 4.98 Å². The summed E-state index contributed by atoms with van der Waals surface area (Å²) < 4.78 is 1.43. The van der Waals surface area contributed by atoms with E-state index in [9.17, 15) is 4.79 Å². The fraction of sp³-hybridized carbons (Fsp3) is 0.0667. The summed E-state index contributed by atoms with van der Waals surface area (Å²) in [6, 6.07) is 14.8. The van der Waals surface area contributed by atoms with Crippen molar-refractivity contribution >= 4 is 28.5 Å². The highest BCUT2D eigenvalue weighted by molar-refractivity contribution is 6.31. The van der Waals surface area contributed by atoms with Crippen molar-refractivity contribution in [2.75, 3.05) is 0 Å². The van der Waals surface area contributed by atoms with Crippen LogP contribution in [0, 0.1) is 6.92 Å². The minimum absolute atomic E-state index is 0.168. The van der Waals surface area contributed by atoms with Crippen molar-refractivity contribution in [3.8, 4) is 0 Å². The van der Waals surface area contributed by atoms with Crippen molar-refractivity contribution < 1.29 is 4.79 Å². The Morgan fingerprint density at radius 2 is 1.79 bits per heavy atom. The Balaban J connectivity index is 2.16. The second-order valence-electron chi connectivity index (χ2n) is 4.38. The lowest BCUT2D eigenvalue weighted by atomic mass is 10.1. The molecule has 0 fully saturated rings. The standard InChI is InChI=1S/C15H11ClN2O/c1-10-6-8-11(9-7-10)14(19)18-13-5-3-2-4-12(13)17-15(18)16/h2-9H,1H3. The van der Waals surface area contributed by atoms with Crippen LogP contribution in [0.2, 0.25) is 5.28 Å². The first-order chi connectivity index (χ1) is 9.16. The van der Waals surface area contributed by atoms with E-state index in [1.807, 2.05) is 43.3 Å². The second-order valence-corrected chi connectivity index (χ2v) is 4.71. The maximum absolute atomic E-state index is 12.5. The smallest absolute Gasteiger partial charge is 0.264 e. The first-order valence-electron chi connectivity index (χ1n) is 5.91. The Labute approximate surface area is 115 Å². The molecule has 0 radical (unpaired) electrons. The number of benzene rings is 2. The normalized spacial score (nSPS) is 10.8. The third-order valence-electron chi connectivity index (χ3n) is 3.02. The number of nitrogens with zero attached hydrogens (tertiary/aromatic N) is 2. The fourth-order valence-corrected chi connectivity index (χ4v) is 2.27. The van der Waals surface area contributed by atoms with E-state index in [0.717, 1.165) is 11.1 Å². The molecule has 0 spiro atoms. The van der Waals surface area contributed by atoms with E-state index >= 15 is 0 Å². The predicted octanol–water partition coefficient (Wildman–Crippen LogP) is 3.69. The van der Waals surface area contributed by atoms with Gasteiger partial charge in [-0.1, -0.05) is 29.8 Å². The molecule has 0 bridgehead atoms. The van der Waals surface area contributed by atoms with Gasteiger partial charge in [0.05, 0.1) is 11.0 Å². The summed E-state index contributed by atoms with van der Waals surface area (Å²) in [7, 11) is 0. The van der Waals surface area contributed by atoms with Gasteiger partial charge in [-0.3, -0.25) is 4.79 Å². The summed E-state index contributed by atoms with van der Waals surface area (Å²) in [5, 5.41) is 0.187. The van der Waals surface area contributed by atoms with Crippen LogP contribution in [0.4, 0.5) is 0 Å². The van der Waals surface area contributed by atoms with Gasteiger partial charge in [0.2, 0.25) is 5.28 Å². The third kappa shape index (κ3) is 2.02. The van der Waals surface area contributed by atoms with Crippen LogP contribution in [0.3, 0.4) is 0 Å². The van der Waals surface area contributed by atoms with Crippen LogP contribution >= 0.6 is 11.6 Å². The van der Waals surface area contributed by atoms with Gasteiger partial charge in [-0.25, -0.2) is 9.55 Å². The average molecular weight is 271 g/mol. The molecular weight excluding hydrogens is 260 g/mol. The molecule has 0 aliphatic carbocycles. The van der Waals surface area contributed by atoms with Gasteiger partial charge in [-0.05, 0) is 42.8 Å². The molecule has 3 aromatic rings. The van der Waals surface area contributed by atoms with Crippen molar-refractivity contribution in [1.29, 1.82) is 0 Å². The molecule has 1 aromatic heterocycles. The van der Waals surface area contributed by atoms with E-state index in [1.54, 1.807) is 12.1 Å². The molecule has 0 N–H and O–H groups in total. The highest BCUT2D eigenvalue weighted by Gasteiger charge is 2.16. The molecule has 2 aromatic carbocycles. The van der Waals surface area contributed by atoms with E-state index < -0.39 is 0 Å². The molecule has 3 nitrogen and oxygen atoms in total. The zero-order valence-corrected chi connectivity index (χ0v) is 11.1. The maximum atomic E-state index is 12.5. The summed E-state index contributed by atoms with van der Waals surface area (Å²) in [6.45, 7) is 1.98. The minimum Gasteiger partial charge on any atom is -0.268 e. The summed E-state index contributed by atoms with van der Waals surface area (Å²) >= 11 is 6.07. The zero-order valence-electron chi connectivity index (χ0n) is 10.3. The van der Waals surface area contributed by atoms with E-state index in [4.69, 9.17) is 11.6 Å². The molecule has 19 heavy (non-hydrogen) atoms. The first kappa shape index (κ1) is 11.9. The molecule has 94 valence electrons. The Morgan fingerprint density at radius 1 is 1.11 bits per heavy atom. The van der Waals surface area contributed by atoms with Crippen LogP contribution < -0.4 is 0 Å². The fourth-order valence-electron chi connectivity index (χ4n) is 2.02. The molecule has 3 rings (SSSR count). The van der Waals surface area contributed by atoms with E-state index in [0.29, 0.717) is 11.1 Å². The Morgan fingerprint density at radius 3 is 2.53 bits per heavy atom. The van der Waals surface area contributed by atoms with Crippen molar-refractivity contribution in [2.45, 2.75) is 6.92 Å². The lowest BCUT2D eigenvalue weighted by Crippen LogP contribution is -2.11. The summed E-state index contributed by atoms with van der Waals surface area (Å²) in [4.78, 5) is 16.7. The number of rotatable bonds is 1. The van der Waals surface area contributed by atoms with Gasteiger partial charge in [0.15, 0.2) is 0 Å². The summed E-state index contributed by atoms with van der Waals surface area (Å²) in [5.74, 6) is -0.168. The predicted molar refractivity (Wildman–Crippen MR) is 75.7 cm³/mol. The number of carbonyl (C=O) groups is 1. The Bertz CT molecular complexity index is 759. The third-order valence-corrected chi connectivity index (χ3v) is 3.28. The van der Waals surface area contributed by atoms with Gasteiger partial charge in [0.25, 0.3) is 5.91 Å². The lowest BCUT2D eigenvalue weighted by Gasteiger charge is -2.04. The second kappa shape index (κ2) is 4.52. The average Bonchev–Trinajstić information content (AvgIpc) is 2.74. The molecule has 4 heteroatoms. The van der Waals surface area contributed by atoms with Crippen LogP contribution in [0.1, 0.15) is 15.9 Å². The number of carbonyl (C=O) groups excluding carboxylic acids is 1. The Kier molecular flexibility index (Phi) is 2.84. The van der Waals surface area contributed by atoms with Gasteiger partial charge in [-0.15, -0.1) is 0 Å². The number of aryl methyl sites for hydroxylation is 1. The zero-order chi connectivity index (χ0) is 13.4. The van der Waals surface area contributed by atoms with Gasteiger partial charge in [0, 0.05) is 5.56 Å². The van der Waals surface area contributed by atoms with Crippen LogP contribution in [0.15, 0.2) is 48.5 Å². The summed E-state index contributed by atoms with van der Waals surface area (Å²) in [5.41, 5.74) is 3.14. The lowest BCUT2D eigenvalue weighted by molar-refractivity contribution is 0.0965. The topological polar surface area (TPSA) is 34.9 Å². The van der Waals surface area contributed by atoms with Crippen molar-refractivity contribution in [2.24, 2.45) is 0 Å². The quantitative estimate of drug-likeness (QED) is 0.676. The minimum atomic E-state index is -0.168. The molecule has 0 atom stereocenters. The van der Waals surface area contributed by atoms with Crippen molar-refractivity contribution in [1.82, 2.24) is 9.55 Å².